The number of nitrogens with one attached hydrogen (secondary N) is 2. The van der Waals surface area contributed by atoms with Crippen LogP contribution in [0.1, 0.15) is 30.9 Å². The maximum Gasteiger partial charge on any atom is 0.323 e. The molecule has 12 nitrogen and oxygen atoms in total. The molecule has 3 N–H and O–H groups in total. The van der Waals surface area contributed by atoms with Gasteiger partial charge in [0, 0.05) is 36.1 Å². The van der Waals surface area contributed by atoms with Crippen molar-refractivity contribution in [3.8, 4) is 5.75 Å². The lowest BCUT2D eigenvalue weighted by atomic mass is 10.0. The van der Waals surface area contributed by atoms with Crippen molar-refractivity contribution in [2.24, 2.45) is 5.92 Å². The molecule has 5 rings (SSSR count). The maximum atomic E-state index is 13.6. The quantitative estimate of drug-likeness (QED) is 0.251. The Labute approximate surface area is 268 Å². The van der Waals surface area contributed by atoms with E-state index in [1.807, 2.05) is 49.4 Å². The Kier molecular flexibility index (Phi) is 9.66. The first kappa shape index (κ1) is 32.9. The molecule has 0 saturated heterocycles. The average molecular weight is 650 g/mol. The summed E-state index contributed by atoms with van der Waals surface area (Å²) in [4.78, 5) is 28.2. The first-order valence-corrected chi connectivity index (χ1v) is 16.5. The minimum atomic E-state index is -3.97. The number of hydrogen-bond acceptors (Lipinski definition) is 8. The zero-order valence-corrected chi connectivity index (χ0v) is 27.3. The summed E-state index contributed by atoms with van der Waals surface area (Å²) in [6.45, 7) is 6.71. The molecule has 0 fully saturated rings. The Morgan fingerprint density at radius 2 is 1.87 bits per heavy atom. The summed E-state index contributed by atoms with van der Waals surface area (Å²) in [5, 5.41) is 21.4. The molecule has 13 heteroatoms. The van der Waals surface area contributed by atoms with E-state index >= 15 is 0 Å². The number of anilines is 2. The van der Waals surface area contributed by atoms with Crippen molar-refractivity contribution in [2.45, 2.75) is 51.2 Å². The Hall–Kier alpha value is -4.46. The molecule has 0 saturated carbocycles. The van der Waals surface area contributed by atoms with Gasteiger partial charge in [0.25, 0.3) is 0 Å². The first-order valence-electron chi connectivity index (χ1n) is 15.0. The number of fused-ring (bicyclic) bond motifs is 2. The molecule has 0 radical (unpaired) electrons. The van der Waals surface area contributed by atoms with E-state index in [1.165, 1.54) is 11.4 Å². The summed E-state index contributed by atoms with van der Waals surface area (Å²) in [7, 11) is -2.51. The van der Waals surface area contributed by atoms with Crippen molar-refractivity contribution in [2.75, 3.05) is 37.4 Å². The molecule has 244 valence electrons. The molecule has 3 amide bonds. The Morgan fingerprint density at radius 3 is 2.59 bits per heavy atom. The summed E-state index contributed by atoms with van der Waals surface area (Å²) in [5.41, 5.74) is 1.86. The van der Waals surface area contributed by atoms with Crippen LogP contribution in [-0.2, 0) is 21.2 Å². The van der Waals surface area contributed by atoms with Gasteiger partial charge in [0.1, 0.15) is 22.4 Å². The molecule has 46 heavy (non-hydrogen) atoms. The highest BCUT2D eigenvalue weighted by Gasteiger charge is 2.35. The first-order chi connectivity index (χ1) is 21.9. The Bertz CT molecular complexity index is 1830. The average Bonchev–Trinajstić information content (AvgIpc) is 3.39. The fraction of sp³-hybridized carbons (Fsp3) is 0.364. The number of hydrogen-bond donors (Lipinski definition) is 3. The van der Waals surface area contributed by atoms with Gasteiger partial charge in [0.15, 0.2) is 5.76 Å². The van der Waals surface area contributed by atoms with Crippen molar-refractivity contribution in [3.05, 3.63) is 77.7 Å². The van der Waals surface area contributed by atoms with E-state index in [-0.39, 0.29) is 54.3 Å². The van der Waals surface area contributed by atoms with Crippen molar-refractivity contribution >= 4 is 44.1 Å². The Morgan fingerprint density at radius 1 is 1.13 bits per heavy atom. The molecule has 3 atom stereocenters. The van der Waals surface area contributed by atoms with Crippen molar-refractivity contribution in [1.29, 1.82) is 0 Å². The zero-order valence-electron chi connectivity index (χ0n) is 26.5. The van der Waals surface area contributed by atoms with Gasteiger partial charge in [0.05, 0.1) is 31.3 Å². The molecule has 3 aromatic carbocycles. The van der Waals surface area contributed by atoms with E-state index in [2.05, 4.69) is 15.8 Å². The normalized spacial score (nSPS) is 17.9. The van der Waals surface area contributed by atoms with Gasteiger partial charge >= 0.3 is 6.03 Å². The maximum absolute atomic E-state index is 13.6. The lowest BCUT2D eigenvalue weighted by Gasteiger charge is -2.33. The second kappa shape index (κ2) is 13.5. The lowest BCUT2D eigenvalue weighted by Crippen LogP contribution is -2.48. The van der Waals surface area contributed by atoms with Crippen LogP contribution in [0.25, 0.3) is 10.8 Å². The minimum Gasteiger partial charge on any atom is -0.488 e. The number of aromatic nitrogens is 1. The SMILES string of the molecule is Cc1noc(C)c1S(=O)(=O)N(C)C[C@H]1Oc2ccc(NC(=O)Nc3cccc4ccccc34)cc2CC(=O)N([C@H](C)CO)C[C@H]1C. The van der Waals surface area contributed by atoms with E-state index in [9.17, 15) is 23.1 Å². The number of nitrogens with zero attached hydrogens (tertiary/aromatic N) is 3. The summed E-state index contributed by atoms with van der Waals surface area (Å²) < 4.78 is 39.8. The van der Waals surface area contributed by atoms with E-state index in [0.717, 1.165) is 10.8 Å². The van der Waals surface area contributed by atoms with Gasteiger partial charge < -0.3 is 29.9 Å². The predicted molar refractivity (Wildman–Crippen MR) is 174 cm³/mol. The molecule has 1 aromatic heterocycles. The van der Waals surface area contributed by atoms with Crippen LogP contribution in [0.3, 0.4) is 0 Å². The fourth-order valence-corrected chi connectivity index (χ4v) is 7.16. The van der Waals surface area contributed by atoms with E-state index in [0.29, 0.717) is 22.7 Å². The molecule has 0 unspecified atom stereocenters. The number of likely N-dealkylation sites (N-methyl/N-ethyl adjacent to an activating group) is 1. The van der Waals surface area contributed by atoms with Crippen molar-refractivity contribution in [3.63, 3.8) is 0 Å². The smallest absolute Gasteiger partial charge is 0.323 e. The number of carbonyl (C=O) groups excluding carboxylic acids is 2. The van der Waals surface area contributed by atoms with Crippen LogP contribution >= 0.6 is 0 Å². The summed E-state index contributed by atoms with van der Waals surface area (Å²) in [5.74, 6) is 0.0338. The molecule has 0 aliphatic carbocycles. The number of aryl methyl sites for hydroxylation is 2. The number of aliphatic hydroxyl groups excluding tert-OH is 1. The summed E-state index contributed by atoms with van der Waals surface area (Å²) in [6.07, 6.45) is -0.723. The van der Waals surface area contributed by atoms with Crippen LogP contribution in [0, 0.1) is 19.8 Å². The molecule has 0 bridgehead atoms. The largest absolute Gasteiger partial charge is 0.488 e. The third-order valence-corrected chi connectivity index (χ3v) is 10.4. The van der Waals surface area contributed by atoms with Gasteiger partial charge in [-0.1, -0.05) is 48.5 Å². The van der Waals surface area contributed by atoms with Gasteiger partial charge in [-0.05, 0) is 50.4 Å². The molecular weight excluding hydrogens is 610 g/mol. The zero-order chi connectivity index (χ0) is 33.2. The number of sulfonamides is 1. The Balaban J connectivity index is 1.42. The molecule has 0 spiro atoms. The fourth-order valence-electron chi connectivity index (χ4n) is 5.69. The van der Waals surface area contributed by atoms with Gasteiger partial charge in [0.2, 0.25) is 15.9 Å². The molecule has 4 aromatic rings. The van der Waals surface area contributed by atoms with Gasteiger partial charge in [-0.3, -0.25) is 4.79 Å². The summed E-state index contributed by atoms with van der Waals surface area (Å²) >= 11 is 0. The second-order valence-electron chi connectivity index (χ2n) is 11.8. The van der Waals surface area contributed by atoms with Crippen LogP contribution in [0.15, 0.2) is 70.1 Å². The number of amides is 3. The number of carbonyl (C=O) groups is 2. The van der Waals surface area contributed by atoms with Crippen molar-refractivity contribution < 1.29 is 32.4 Å². The highest BCUT2D eigenvalue weighted by atomic mass is 32.2. The number of rotatable bonds is 8. The monoisotopic (exact) mass is 649 g/mol. The van der Waals surface area contributed by atoms with Gasteiger partial charge in [-0.25, -0.2) is 13.2 Å². The van der Waals surface area contributed by atoms with Gasteiger partial charge in [-0.2, -0.15) is 4.31 Å². The highest BCUT2D eigenvalue weighted by Crippen LogP contribution is 2.31. The number of benzene rings is 3. The molecule has 1 aliphatic heterocycles. The lowest BCUT2D eigenvalue weighted by molar-refractivity contribution is -0.134. The topological polar surface area (TPSA) is 154 Å². The van der Waals surface area contributed by atoms with Crippen LogP contribution in [0.5, 0.6) is 5.75 Å². The number of ether oxygens (including phenoxy) is 1. The van der Waals surface area contributed by atoms with Crippen LogP contribution in [-0.4, -0.2) is 78.7 Å². The molecule has 2 heterocycles. The highest BCUT2D eigenvalue weighted by molar-refractivity contribution is 7.89. The van der Waals surface area contributed by atoms with E-state index in [4.69, 9.17) is 9.26 Å². The number of urea groups is 1. The van der Waals surface area contributed by atoms with Crippen LogP contribution in [0.4, 0.5) is 16.2 Å². The van der Waals surface area contributed by atoms with E-state index in [1.54, 1.807) is 43.9 Å². The molecular formula is C33H39N5O7S. The van der Waals surface area contributed by atoms with Crippen LogP contribution < -0.4 is 15.4 Å². The number of aliphatic hydroxyl groups is 1. The third-order valence-electron chi connectivity index (χ3n) is 8.29. The van der Waals surface area contributed by atoms with Crippen LogP contribution in [0.2, 0.25) is 0 Å². The third kappa shape index (κ3) is 6.86. The van der Waals surface area contributed by atoms with Gasteiger partial charge in [-0.15, -0.1) is 0 Å². The summed E-state index contributed by atoms with van der Waals surface area (Å²) in [6, 6.07) is 17.4. The second-order valence-corrected chi connectivity index (χ2v) is 13.7. The standard InChI is InChI=1S/C33H39N5O7S/c1-20-17-38(21(2)19-39)31(40)16-25-15-26(34-33(41)35-28-12-8-10-24-9-6-7-11-27(24)28)13-14-29(25)44-30(20)18-37(5)46(42,43)32-22(3)36-45-23(32)4/h6-15,20-21,30,39H,16-19H2,1-5H3,(H2,34,35,41)/t20-,21-,30-/m1/s1. The predicted octanol–water partition coefficient (Wildman–Crippen LogP) is 4.56. The molecule has 1 aliphatic rings. The van der Waals surface area contributed by atoms with Crippen molar-refractivity contribution in [1.82, 2.24) is 14.4 Å². The minimum absolute atomic E-state index is 0.00863. The van der Waals surface area contributed by atoms with E-state index < -0.39 is 28.2 Å².